The molecule has 0 amide bonds. The first-order chi connectivity index (χ1) is 12.0. The van der Waals surface area contributed by atoms with Crippen molar-refractivity contribution in [3.63, 3.8) is 0 Å². The Morgan fingerprint density at radius 2 is 2.20 bits per heavy atom. The summed E-state index contributed by atoms with van der Waals surface area (Å²) in [5, 5.41) is 19.1. The van der Waals surface area contributed by atoms with Crippen molar-refractivity contribution in [1.29, 1.82) is 0 Å². The molecular formula is C22H32O3. The SMILES string of the molecule is CC#CCC(C)C/C=C/C1C(O)CC2C/C(=C\CCCC(=O)O)CC21. The van der Waals surface area contributed by atoms with E-state index >= 15 is 0 Å². The smallest absolute Gasteiger partial charge is 0.303 e. The van der Waals surface area contributed by atoms with Gasteiger partial charge in [0.25, 0.3) is 0 Å². The molecule has 0 bridgehead atoms. The summed E-state index contributed by atoms with van der Waals surface area (Å²) in [5.74, 6) is 7.36. The second kappa shape index (κ2) is 9.82. The van der Waals surface area contributed by atoms with E-state index in [2.05, 4.69) is 37.0 Å². The number of carboxylic acid groups (broad SMARTS) is 1. The highest BCUT2D eigenvalue weighted by Crippen LogP contribution is 2.50. The van der Waals surface area contributed by atoms with Crippen LogP contribution < -0.4 is 0 Å². The molecule has 0 aromatic heterocycles. The van der Waals surface area contributed by atoms with Crippen LogP contribution in [-0.4, -0.2) is 22.3 Å². The summed E-state index contributed by atoms with van der Waals surface area (Å²) in [6.45, 7) is 4.10. The van der Waals surface area contributed by atoms with E-state index < -0.39 is 5.97 Å². The van der Waals surface area contributed by atoms with Crippen LogP contribution in [0, 0.1) is 35.5 Å². The van der Waals surface area contributed by atoms with Crippen LogP contribution in [0.5, 0.6) is 0 Å². The van der Waals surface area contributed by atoms with E-state index in [0.717, 1.165) is 44.9 Å². The number of carboxylic acids is 1. The first kappa shape index (κ1) is 19.8. The molecule has 0 heterocycles. The summed E-state index contributed by atoms with van der Waals surface area (Å²) in [6, 6.07) is 0. The largest absolute Gasteiger partial charge is 0.481 e. The summed E-state index contributed by atoms with van der Waals surface area (Å²) in [7, 11) is 0. The van der Waals surface area contributed by atoms with Gasteiger partial charge in [0, 0.05) is 18.8 Å². The van der Waals surface area contributed by atoms with E-state index in [0.29, 0.717) is 17.8 Å². The zero-order chi connectivity index (χ0) is 18.2. The van der Waals surface area contributed by atoms with Crippen LogP contribution in [0.4, 0.5) is 0 Å². The Bertz CT molecular complexity index is 564. The predicted octanol–water partition coefficient (Wildman–Crippen LogP) is 4.57. The van der Waals surface area contributed by atoms with Crippen molar-refractivity contribution in [2.24, 2.45) is 23.7 Å². The molecule has 25 heavy (non-hydrogen) atoms. The number of fused-ring (bicyclic) bond motifs is 1. The zero-order valence-corrected chi connectivity index (χ0v) is 15.6. The molecule has 2 N–H and O–H groups in total. The Labute approximate surface area is 152 Å². The number of hydrogen-bond donors (Lipinski definition) is 2. The van der Waals surface area contributed by atoms with Gasteiger partial charge in [0.15, 0.2) is 0 Å². The first-order valence-electron chi connectivity index (χ1n) is 9.65. The number of hydrogen-bond acceptors (Lipinski definition) is 2. The number of rotatable bonds is 8. The summed E-state index contributed by atoms with van der Waals surface area (Å²) < 4.78 is 0. The van der Waals surface area contributed by atoms with E-state index in [1.807, 2.05) is 6.92 Å². The monoisotopic (exact) mass is 344 g/mol. The second-order valence-electron chi connectivity index (χ2n) is 7.76. The van der Waals surface area contributed by atoms with Gasteiger partial charge in [-0.25, -0.2) is 0 Å². The molecule has 0 aliphatic heterocycles. The quantitative estimate of drug-likeness (QED) is 0.385. The third-order valence-electron chi connectivity index (χ3n) is 5.66. The topological polar surface area (TPSA) is 57.5 Å². The van der Waals surface area contributed by atoms with E-state index in [1.165, 1.54) is 5.57 Å². The lowest BCUT2D eigenvalue weighted by Crippen LogP contribution is -2.16. The van der Waals surface area contributed by atoms with Gasteiger partial charge in [-0.3, -0.25) is 4.79 Å². The van der Waals surface area contributed by atoms with Crippen LogP contribution in [0.3, 0.4) is 0 Å². The molecule has 138 valence electrons. The van der Waals surface area contributed by atoms with Crippen LogP contribution >= 0.6 is 0 Å². The highest BCUT2D eigenvalue weighted by atomic mass is 16.4. The zero-order valence-electron chi connectivity index (χ0n) is 15.6. The fourth-order valence-electron chi connectivity index (χ4n) is 4.33. The standard InChI is InChI=1S/C22H32O3/c1-3-4-8-16(2)9-7-11-19-20-14-17(10-5-6-12-22(24)25)13-18(20)15-21(19)23/h7,10-11,16,18-21,23H,5-6,8-9,12-15H2,1-2H3,(H,24,25)/b11-7+,17-10+. The van der Waals surface area contributed by atoms with Crippen LogP contribution in [-0.2, 0) is 4.79 Å². The lowest BCUT2D eigenvalue weighted by atomic mass is 9.90. The molecule has 0 aromatic carbocycles. The molecule has 2 aliphatic rings. The van der Waals surface area contributed by atoms with Crippen molar-refractivity contribution in [3.8, 4) is 11.8 Å². The number of aliphatic hydroxyl groups excluding tert-OH is 1. The van der Waals surface area contributed by atoms with E-state index in [9.17, 15) is 9.90 Å². The number of unbranched alkanes of at least 4 members (excludes halogenated alkanes) is 1. The van der Waals surface area contributed by atoms with Gasteiger partial charge in [-0.05, 0) is 63.2 Å². The minimum atomic E-state index is -0.714. The average Bonchev–Trinajstić information content (AvgIpc) is 3.07. The molecule has 3 nitrogen and oxygen atoms in total. The summed E-state index contributed by atoms with van der Waals surface area (Å²) in [6.07, 6.45) is 13.4. The molecule has 2 rings (SSSR count). The molecule has 0 radical (unpaired) electrons. The lowest BCUT2D eigenvalue weighted by molar-refractivity contribution is -0.137. The molecule has 0 aromatic rings. The minimum absolute atomic E-state index is 0.203. The Balaban J connectivity index is 1.83. The lowest BCUT2D eigenvalue weighted by Gasteiger charge is -2.17. The van der Waals surface area contributed by atoms with E-state index in [4.69, 9.17) is 5.11 Å². The molecule has 5 atom stereocenters. The molecule has 0 saturated heterocycles. The maximum atomic E-state index is 10.6. The fourth-order valence-corrected chi connectivity index (χ4v) is 4.33. The molecule has 3 heteroatoms. The maximum Gasteiger partial charge on any atom is 0.303 e. The minimum Gasteiger partial charge on any atom is -0.481 e. The number of carbonyl (C=O) groups is 1. The van der Waals surface area contributed by atoms with Gasteiger partial charge < -0.3 is 10.2 Å². The van der Waals surface area contributed by atoms with Crippen LogP contribution in [0.15, 0.2) is 23.8 Å². The molecule has 2 aliphatic carbocycles. The summed E-state index contributed by atoms with van der Waals surface area (Å²) >= 11 is 0. The van der Waals surface area contributed by atoms with Crippen LogP contribution in [0.1, 0.15) is 65.2 Å². The van der Waals surface area contributed by atoms with Crippen molar-refractivity contribution in [1.82, 2.24) is 0 Å². The van der Waals surface area contributed by atoms with Crippen LogP contribution in [0.25, 0.3) is 0 Å². The summed E-state index contributed by atoms with van der Waals surface area (Å²) in [5.41, 5.74) is 1.47. The van der Waals surface area contributed by atoms with Gasteiger partial charge in [-0.1, -0.05) is 30.7 Å². The molecule has 2 saturated carbocycles. The predicted molar refractivity (Wildman–Crippen MR) is 101 cm³/mol. The van der Waals surface area contributed by atoms with E-state index in [1.54, 1.807) is 0 Å². The van der Waals surface area contributed by atoms with Crippen molar-refractivity contribution in [3.05, 3.63) is 23.8 Å². The van der Waals surface area contributed by atoms with Gasteiger partial charge in [0.1, 0.15) is 0 Å². The van der Waals surface area contributed by atoms with Gasteiger partial charge in [0.2, 0.25) is 0 Å². The highest BCUT2D eigenvalue weighted by Gasteiger charge is 2.44. The average molecular weight is 344 g/mol. The number of allylic oxidation sites excluding steroid dienone is 3. The van der Waals surface area contributed by atoms with Crippen molar-refractivity contribution in [2.75, 3.05) is 0 Å². The van der Waals surface area contributed by atoms with Crippen LogP contribution in [0.2, 0.25) is 0 Å². The number of aliphatic hydroxyl groups is 1. The molecule has 5 unspecified atom stereocenters. The Morgan fingerprint density at radius 3 is 2.92 bits per heavy atom. The van der Waals surface area contributed by atoms with Gasteiger partial charge >= 0.3 is 5.97 Å². The first-order valence-corrected chi connectivity index (χ1v) is 9.65. The van der Waals surface area contributed by atoms with Gasteiger partial charge in [0.05, 0.1) is 6.10 Å². The van der Waals surface area contributed by atoms with Crippen molar-refractivity contribution < 1.29 is 15.0 Å². The Kier molecular flexibility index (Phi) is 7.78. The van der Waals surface area contributed by atoms with Gasteiger partial charge in [-0.2, -0.15) is 0 Å². The number of aliphatic carboxylic acids is 1. The third-order valence-corrected chi connectivity index (χ3v) is 5.66. The molecule has 2 fully saturated rings. The molecule has 0 spiro atoms. The van der Waals surface area contributed by atoms with Gasteiger partial charge in [-0.15, -0.1) is 11.8 Å². The van der Waals surface area contributed by atoms with E-state index in [-0.39, 0.29) is 18.4 Å². The Morgan fingerprint density at radius 1 is 1.40 bits per heavy atom. The second-order valence-corrected chi connectivity index (χ2v) is 7.76. The normalized spacial score (nSPS) is 31.1. The Hall–Kier alpha value is -1.53. The van der Waals surface area contributed by atoms with Crippen molar-refractivity contribution >= 4 is 5.97 Å². The fraction of sp³-hybridized carbons (Fsp3) is 0.682. The highest BCUT2D eigenvalue weighted by molar-refractivity contribution is 5.66. The molecular weight excluding hydrogens is 312 g/mol. The van der Waals surface area contributed by atoms with Crippen molar-refractivity contribution in [2.45, 2.75) is 71.3 Å². The maximum absolute atomic E-state index is 10.6. The summed E-state index contributed by atoms with van der Waals surface area (Å²) in [4.78, 5) is 10.6. The third kappa shape index (κ3) is 6.04.